The number of rotatable bonds is 4. The smallest absolute Gasteiger partial charge is 0.251 e. The van der Waals surface area contributed by atoms with Crippen molar-refractivity contribution >= 4 is 5.91 Å². The quantitative estimate of drug-likeness (QED) is 0.465. The number of piperidine rings is 1. The van der Waals surface area contributed by atoms with Crippen LogP contribution in [-0.2, 0) is 11.8 Å². The molecule has 6 atom stereocenters. The molecule has 3 fully saturated rings. The van der Waals surface area contributed by atoms with Crippen LogP contribution in [0.3, 0.4) is 0 Å². The molecule has 1 unspecified atom stereocenters. The first-order valence-electron chi connectivity index (χ1n) is 12.9. The number of carbonyl (C=O) groups excluding carboxylic acids is 1. The van der Waals surface area contributed by atoms with Gasteiger partial charge in [-0.1, -0.05) is 23.8 Å². The molecule has 0 radical (unpaired) electrons. The Morgan fingerprint density at radius 1 is 1.17 bits per heavy atom. The van der Waals surface area contributed by atoms with Crippen LogP contribution in [0.1, 0.15) is 59.2 Å². The fourth-order valence-electron chi connectivity index (χ4n) is 7.86. The minimum absolute atomic E-state index is 0.0587. The molecule has 184 valence electrons. The number of benzene rings is 2. The standard InChI is InChI=1S/C28H32N2O5/c1-16-2-6-18(7-3-16)26(32)29-20-10-11-28(33)22-14-19-8-9-21(31)24-23(19)27(28,25(20)35-24)12-13-30(22,34)15-17-4-5-17/h2-3,6-9,17,20,22,25,31,33H,4-5,10-15H2,1H3,(H,29,32)/t20-,22-,25+,27+,28-,30?/m1/s1. The number of hydrogen-bond acceptors (Lipinski definition) is 5. The maximum absolute atomic E-state index is 14.3. The molecule has 1 spiro atoms. The van der Waals surface area contributed by atoms with Crippen molar-refractivity contribution in [1.29, 1.82) is 0 Å². The third kappa shape index (κ3) is 2.80. The fourth-order valence-corrected chi connectivity index (χ4v) is 7.86. The molecule has 0 aromatic heterocycles. The first-order chi connectivity index (χ1) is 16.7. The number of phenolic OH excluding ortho intramolecular Hbond substituents is 1. The lowest BCUT2D eigenvalue weighted by Crippen LogP contribution is -2.81. The monoisotopic (exact) mass is 476 g/mol. The second-order valence-electron chi connectivity index (χ2n) is 11.6. The van der Waals surface area contributed by atoms with Gasteiger partial charge in [-0.15, -0.1) is 0 Å². The SMILES string of the molecule is Cc1ccc(C(=O)N[C@@H]2CC[C@@]3(O)[C@H]4Cc5ccc(O)c6c5[C@@]3(CC[N+]4([O-])CC3CC3)[C@H]2O6)cc1. The number of aromatic hydroxyl groups is 1. The van der Waals surface area contributed by atoms with Gasteiger partial charge in [0, 0.05) is 29.9 Å². The van der Waals surface area contributed by atoms with Gasteiger partial charge in [0.15, 0.2) is 11.5 Å². The van der Waals surface area contributed by atoms with Crippen molar-refractivity contribution < 1.29 is 24.4 Å². The van der Waals surface area contributed by atoms with Crippen LogP contribution in [0.2, 0.25) is 0 Å². The zero-order valence-electron chi connectivity index (χ0n) is 20.0. The predicted octanol–water partition coefficient (Wildman–Crippen LogP) is 3.08. The van der Waals surface area contributed by atoms with Crippen molar-refractivity contribution in [3.63, 3.8) is 0 Å². The van der Waals surface area contributed by atoms with E-state index in [-0.39, 0.29) is 22.3 Å². The summed E-state index contributed by atoms with van der Waals surface area (Å²) in [5.74, 6) is 0.770. The lowest BCUT2D eigenvalue weighted by atomic mass is 9.48. The molecule has 2 bridgehead atoms. The van der Waals surface area contributed by atoms with Crippen molar-refractivity contribution in [2.45, 2.75) is 74.7 Å². The Morgan fingerprint density at radius 3 is 2.69 bits per heavy atom. The van der Waals surface area contributed by atoms with E-state index in [2.05, 4.69) is 5.32 Å². The van der Waals surface area contributed by atoms with E-state index >= 15 is 0 Å². The van der Waals surface area contributed by atoms with E-state index in [1.165, 1.54) is 0 Å². The summed E-state index contributed by atoms with van der Waals surface area (Å²) in [4.78, 5) is 13.2. The fraction of sp³-hybridized carbons (Fsp3) is 0.536. The Kier molecular flexibility index (Phi) is 4.33. The van der Waals surface area contributed by atoms with E-state index in [4.69, 9.17) is 4.74 Å². The molecule has 5 aliphatic rings. The number of hydroxylamine groups is 3. The summed E-state index contributed by atoms with van der Waals surface area (Å²) in [6.45, 7) is 2.98. The van der Waals surface area contributed by atoms with Gasteiger partial charge < -0.3 is 30.1 Å². The molecule has 2 aliphatic heterocycles. The van der Waals surface area contributed by atoms with Crippen molar-refractivity contribution in [2.75, 3.05) is 13.1 Å². The van der Waals surface area contributed by atoms with Gasteiger partial charge in [0.25, 0.3) is 5.91 Å². The van der Waals surface area contributed by atoms with Crippen LogP contribution in [0, 0.1) is 18.0 Å². The third-order valence-electron chi connectivity index (χ3n) is 9.69. The van der Waals surface area contributed by atoms with Gasteiger partial charge in [-0.2, -0.15) is 0 Å². The molecule has 3 aliphatic carbocycles. The van der Waals surface area contributed by atoms with E-state index in [0.717, 1.165) is 29.5 Å². The Labute approximate surface area is 204 Å². The van der Waals surface area contributed by atoms with Gasteiger partial charge >= 0.3 is 0 Å². The average molecular weight is 477 g/mol. The number of carbonyl (C=O) groups is 1. The van der Waals surface area contributed by atoms with Crippen molar-refractivity contribution in [3.05, 3.63) is 63.9 Å². The van der Waals surface area contributed by atoms with Crippen LogP contribution in [0.15, 0.2) is 36.4 Å². The summed E-state index contributed by atoms with van der Waals surface area (Å²) in [5.41, 5.74) is 1.49. The van der Waals surface area contributed by atoms with Crippen LogP contribution in [-0.4, -0.2) is 57.6 Å². The molecule has 7 rings (SSSR count). The molecule has 2 aromatic carbocycles. The van der Waals surface area contributed by atoms with Gasteiger partial charge in [-0.3, -0.25) is 4.79 Å². The van der Waals surface area contributed by atoms with Gasteiger partial charge in [-0.05, 0) is 56.4 Å². The number of likely N-dealkylation sites (tertiary alicyclic amines) is 1. The summed E-state index contributed by atoms with van der Waals surface area (Å²) in [5, 5.41) is 40.7. The molecular weight excluding hydrogens is 444 g/mol. The highest BCUT2D eigenvalue weighted by atomic mass is 16.6. The number of nitrogens with one attached hydrogen (secondary N) is 1. The number of ether oxygens (including phenoxy) is 1. The molecule has 2 saturated carbocycles. The number of amides is 1. The summed E-state index contributed by atoms with van der Waals surface area (Å²) < 4.78 is 6.13. The first kappa shape index (κ1) is 21.7. The molecule has 35 heavy (non-hydrogen) atoms. The number of nitrogens with zero attached hydrogens (tertiary/aromatic N) is 1. The molecule has 7 nitrogen and oxygen atoms in total. The molecule has 2 heterocycles. The summed E-state index contributed by atoms with van der Waals surface area (Å²) >= 11 is 0. The Morgan fingerprint density at radius 2 is 1.94 bits per heavy atom. The van der Waals surface area contributed by atoms with Gasteiger partial charge in [0.05, 0.1) is 24.5 Å². The highest BCUT2D eigenvalue weighted by molar-refractivity contribution is 5.94. The van der Waals surface area contributed by atoms with Crippen LogP contribution >= 0.6 is 0 Å². The average Bonchev–Trinajstić information content (AvgIpc) is 3.56. The van der Waals surface area contributed by atoms with Crippen molar-refractivity contribution in [1.82, 2.24) is 5.32 Å². The normalized spacial score (nSPS) is 38.4. The molecule has 1 saturated heterocycles. The number of quaternary nitrogens is 1. The summed E-state index contributed by atoms with van der Waals surface area (Å²) in [6.07, 6.45) is 3.60. The van der Waals surface area contributed by atoms with E-state index < -0.39 is 23.2 Å². The summed E-state index contributed by atoms with van der Waals surface area (Å²) in [6, 6.07) is 10.2. The zero-order chi connectivity index (χ0) is 24.2. The molecular formula is C28H32N2O5. The lowest BCUT2D eigenvalue weighted by Gasteiger charge is -2.68. The van der Waals surface area contributed by atoms with Gasteiger partial charge in [0.1, 0.15) is 17.7 Å². The zero-order valence-corrected chi connectivity index (χ0v) is 20.0. The Balaban J connectivity index is 1.31. The van der Waals surface area contributed by atoms with E-state index in [1.807, 2.05) is 37.3 Å². The maximum atomic E-state index is 14.3. The minimum Gasteiger partial charge on any atom is -0.632 e. The molecule has 2 aromatic rings. The van der Waals surface area contributed by atoms with Crippen LogP contribution < -0.4 is 10.1 Å². The molecule has 7 heteroatoms. The largest absolute Gasteiger partial charge is 0.632 e. The molecule has 3 N–H and O–H groups in total. The molecule has 1 amide bonds. The van der Waals surface area contributed by atoms with Crippen LogP contribution in [0.4, 0.5) is 0 Å². The lowest BCUT2D eigenvalue weighted by molar-refractivity contribution is -0.924. The van der Waals surface area contributed by atoms with Crippen molar-refractivity contribution in [3.8, 4) is 11.5 Å². The van der Waals surface area contributed by atoms with Gasteiger partial charge in [0.2, 0.25) is 0 Å². The highest BCUT2D eigenvalue weighted by Crippen LogP contribution is 2.66. The summed E-state index contributed by atoms with van der Waals surface area (Å²) in [7, 11) is 0. The van der Waals surface area contributed by atoms with E-state index in [1.54, 1.807) is 6.07 Å². The van der Waals surface area contributed by atoms with Crippen LogP contribution in [0.25, 0.3) is 0 Å². The highest BCUT2D eigenvalue weighted by Gasteiger charge is 2.76. The maximum Gasteiger partial charge on any atom is 0.251 e. The first-order valence-corrected chi connectivity index (χ1v) is 12.9. The van der Waals surface area contributed by atoms with E-state index in [0.29, 0.717) is 56.0 Å². The number of aliphatic hydroxyl groups is 1. The Hall–Kier alpha value is -2.61. The second-order valence-corrected chi connectivity index (χ2v) is 11.6. The van der Waals surface area contributed by atoms with Gasteiger partial charge in [-0.25, -0.2) is 0 Å². The van der Waals surface area contributed by atoms with E-state index in [9.17, 15) is 20.2 Å². The van der Waals surface area contributed by atoms with Crippen LogP contribution in [0.5, 0.6) is 11.5 Å². The minimum atomic E-state index is -1.23. The predicted molar refractivity (Wildman–Crippen MR) is 129 cm³/mol. The Bertz CT molecular complexity index is 1230. The van der Waals surface area contributed by atoms with Crippen molar-refractivity contribution in [2.24, 2.45) is 5.92 Å². The topological polar surface area (TPSA) is 102 Å². The third-order valence-corrected chi connectivity index (χ3v) is 9.69. The number of hydrogen-bond donors (Lipinski definition) is 3. The second kappa shape index (κ2) is 6.99. The number of phenols is 1. The number of aryl methyl sites for hydroxylation is 1.